The van der Waals surface area contributed by atoms with Crippen molar-refractivity contribution in [2.75, 3.05) is 26.2 Å². The summed E-state index contributed by atoms with van der Waals surface area (Å²) in [7, 11) is 0. The van der Waals surface area contributed by atoms with Crippen LogP contribution in [0.1, 0.15) is 43.9 Å². The van der Waals surface area contributed by atoms with Crippen LogP contribution >= 0.6 is 0 Å². The van der Waals surface area contributed by atoms with E-state index in [-0.39, 0.29) is 6.04 Å². The number of nitrogens with zero attached hydrogens (tertiary/aromatic N) is 1. The van der Waals surface area contributed by atoms with Crippen molar-refractivity contribution in [2.24, 2.45) is 11.7 Å². The Morgan fingerprint density at radius 1 is 1.25 bits per heavy atom. The zero-order valence-corrected chi connectivity index (χ0v) is 13.1. The van der Waals surface area contributed by atoms with Gasteiger partial charge in [0.15, 0.2) is 0 Å². The lowest BCUT2D eigenvalue weighted by Crippen LogP contribution is -2.41. The van der Waals surface area contributed by atoms with Gasteiger partial charge < -0.3 is 15.4 Å². The van der Waals surface area contributed by atoms with Gasteiger partial charge in [-0.3, -0.25) is 0 Å². The molecule has 112 valence electrons. The van der Waals surface area contributed by atoms with E-state index in [9.17, 15) is 0 Å². The summed E-state index contributed by atoms with van der Waals surface area (Å²) in [5.74, 6) is 1.36. The zero-order valence-electron chi connectivity index (χ0n) is 13.1. The van der Waals surface area contributed by atoms with Crippen LogP contribution in [0.15, 0.2) is 18.2 Å². The van der Waals surface area contributed by atoms with Gasteiger partial charge in [-0.1, -0.05) is 31.5 Å². The number of hydrogen-bond donors (Lipinski definition) is 1. The molecule has 2 atom stereocenters. The SMILES string of the molecule is CCCN(CCC)CC1COc2ccc(C)cc2C1N. The van der Waals surface area contributed by atoms with Crippen molar-refractivity contribution in [3.05, 3.63) is 29.3 Å². The van der Waals surface area contributed by atoms with Crippen LogP contribution in [0.25, 0.3) is 0 Å². The highest BCUT2D eigenvalue weighted by molar-refractivity contribution is 5.40. The second kappa shape index (κ2) is 7.09. The maximum absolute atomic E-state index is 6.49. The third-order valence-electron chi connectivity index (χ3n) is 4.06. The number of fused-ring (bicyclic) bond motifs is 1. The molecule has 2 rings (SSSR count). The van der Waals surface area contributed by atoms with Gasteiger partial charge in [-0.15, -0.1) is 0 Å². The van der Waals surface area contributed by atoms with Crippen LogP contribution in [0.5, 0.6) is 5.75 Å². The molecule has 0 aromatic heterocycles. The number of nitrogens with two attached hydrogens (primary N) is 1. The Labute approximate surface area is 123 Å². The first-order chi connectivity index (χ1) is 9.65. The molecule has 1 aromatic carbocycles. The summed E-state index contributed by atoms with van der Waals surface area (Å²) < 4.78 is 5.91. The molecule has 1 aliphatic heterocycles. The fourth-order valence-electron chi connectivity index (χ4n) is 3.04. The van der Waals surface area contributed by atoms with Gasteiger partial charge >= 0.3 is 0 Å². The van der Waals surface area contributed by atoms with Crippen LogP contribution in [-0.4, -0.2) is 31.1 Å². The normalized spacial score (nSPS) is 21.6. The summed E-state index contributed by atoms with van der Waals surface area (Å²) in [5.41, 5.74) is 8.92. The molecule has 0 radical (unpaired) electrons. The average Bonchev–Trinajstić information content (AvgIpc) is 2.43. The van der Waals surface area contributed by atoms with Crippen LogP contribution in [0.2, 0.25) is 0 Å². The lowest BCUT2D eigenvalue weighted by molar-refractivity contribution is 0.138. The Morgan fingerprint density at radius 2 is 1.95 bits per heavy atom. The highest BCUT2D eigenvalue weighted by Gasteiger charge is 2.29. The molecule has 0 saturated carbocycles. The van der Waals surface area contributed by atoms with E-state index < -0.39 is 0 Å². The lowest BCUT2D eigenvalue weighted by atomic mass is 9.90. The largest absolute Gasteiger partial charge is 0.493 e. The van der Waals surface area contributed by atoms with Crippen molar-refractivity contribution in [1.82, 2.24) is 4.90 Å². The molecule has 2 N–H and O–H groups in total. The van der Waals surface area contributed by atoms with Crippen molar-refractivity contribution in [3.8, 4) is 5.75 Å². The predicted molar refractivity (Wildman–Crippen MR) is 84.1 cm³/mol. The molecular formula is C17H28N2O. The smallest absolute Gasteiger partial charge is 0.124 e. The van der Waals surface area contributed by atoms with Gasteiger partial charge in [-0.2, -0.15) is 0 Å². The van der Waals surface area contributed by atoms with Gasteiger partial charge in [-0.25, -0.2) is 0 Å². The zero-order chi connectivity index (χ0) is 14.5. The van der Waals surface area contributed by atoms with Gasteiger partial charge in [0, 0.05) is 24.1 Å². The van der Waals surface area contributed by atoms with Crippen LogP contribution in [0.3, 0.4) is 0 Å². The summed E-state index contributed by atoms with van der Waals surface area (Å²) in [4.78, 5) is 2.52. The topological polar surface area (TPSA) is 38.5 Å². The molecule has 1 aromatic rings. The van der Waals surface area contributed by atoms with E-state index in [2.05, 4.69) is 43.9 Å². The van der Waals surface area contributed by atoms with Crippen LogP contribution in [0.4, 0.5) is 0 Å². The molecule has 0 aliphatic carbocycles. The Bertz CT molecular complexity index is 427. The maximum atomic E-state index is 6.49. The fraction of sp³-hybridized carbons (Fsp3) is 0.647. The third kappa shape index (κ3) is 3.53. The third-order valence-corrected chi connectivity index (χ3v) is 4.06. The van der Waals surface area contributed by atoms with Gasteiger partial charge in [0.1, 0.15) is 5.75 Å². The molecule has 0 saturated heterocycles. The van der Waals surface area contributed by atoms with Crippen molar-refractivity contribution in [2.45, 2.75) is 39.7 Å². The first-order valence-electron chi connectivity index (χ1n) is 7.87. The molecule has 3 nitrogen and oxygen atoms in total. The molecule has 0 fully saturated rings. The standard InChI is InChI=1S/C17H28N2O/c1-4-8-19(9-5-2)11-14-12-20-16-7-6-13(3)10-15(16)17(14)18/h6-7,10,14,17H,4-5,8-9,11-12,18H2,1-3H3. The van der Waals surface area contributed by atoms with Gasteiger partial charge in [0.2, 0.25) is 0 Å². The summed E-state index contributed by atoms with van der Waals surface area (Å²) in [6.07, 6.45) is 2.39. The van der Waals surface area contributed by atoms with E-state index in [0.29, 0.717) is 5.92 Å². The first kappa shape index (κ1) is 15.3. The highest BCUT2D eigenvalue weighted by atomic mass is 16.5. The van der Waals surface area contributed by atoms with Crippen molar-refractivity contribution < 1.29 is 4.74 Å². The average molecular weight is 276 g/mol. The number of rotatable bonds is 6. The molecule has 2 unspecified atom stereocenters. The summed E-state index contributed by atoms with van der Waals surface area (Å²) >= 11 is 0. The minimum absolute atomic E-state index is 0.0925. The van der Waals surface area contributed by atoms with Gasteiger partial charge in [-0.05, 0) is 38.9 Å². The minimum Gasteiger partial charge on any atom is -0.493 e. The molecule has 3 heteroatoms. The van der Waals surface area contributed by atoms with E-state index in [4.69, 9.17) is 10.5 Å². The Balaban J connectivity index is 2.07. The monoisotopic (exact) mass is 276 g/mol. The number of hydrogen-bond acceptors (Lipinski definition) is 3. The number of aryl methyl sites for hydroxylation is 1. The van der Waals surface area contributed by atoms with Crippen LogP contribution in [-0.2, 0) is 0 Å². The number of ether oxygens (including phenoxy) is 1. The van der Waals surface area contributed by atoms with Crippen molar-refractivity contribution in [1.29, 1.82) is 0 Å². The second-order valence-electron chi connectivity index (χ2n) is 5.94. The van der Waals surface area contributed by atoms with Gasteiger partial charge in [0.05, 0.1) is 6.61 Å². The molecule has 1 aliphatic rings. The van der Waals surface area contributed by atoms with E-state index in [1.54, 1.807) is 0 Å². The first-order valence-corrected chi connectivity index (χ1v) is 7.87. The fourth-order valence-corrected chi connectivity index (χ4v) is 3.04. The summed E-state index contributed by atoms with van der Waals surface area (Å²) in [6.45, 7) is 10.7. The summed E-state index contributed by atoms with van der Waals surface area (Å²) in [5, 5.41) is 0. The molecule has 0 spiro atoms. The predicted octanol–water partition coefficient (Wildman–Crippen LogP) is 3.13. The Kier molecular flexibility index (Phi) is 5.44. The van der Waals surface area contributed by atoms with Crippen LogP contribution in [0, 0.1) is 12.8 Å². The molecule has 0 amide bonds. The van der Waals surface area contributed by atoms with Crippen molar-refractivity contribution >= 4 is 0 Å². The van der Waals surface area contributed by atoms with E-state index >= 15 is 0 Å². The van der Waals surface area contributed by atoms with E-state index in [1.807, 2.05) is 0 Å². The van der Waals surface area contributed by atoms with E-state index in [1.165, 1.54) is 24.0 Å². The summed E-state index contributed by atoms with van der Waals surface area (Å²) in [6, 6.07) is 6.41. The quantitative estimate of drug-likeness (QED) is 0.867. The highest BCUT2D eigenvalue weighted by Crippen LogP contribution is 2.34. The molecule has 1 heterocycles. The van der Waals surface area contributed by atoms with Gasteiger partial charge in [0.25, 0.3) is 0 Å². The molecular weight excluding hydrogens is 248 g/mol. The Hall–Kier alpha value is -1.06. The van der Waals surface area contributed by atoms with Crippen LogP contribution < -0.4 is 10.5 Å². The lowest BCUT2D eigenvalue weighted by Gasteiger charge is -2.35. The van der Waals surface area contributed by atoms with Crippen molar-refractivity contribution in [3.63, 3.8) is 0 Å². The second-order valence-corrected chi connectivity index (χ2v) is 5.94. The minimum atomic E-state index is 0.0925. The molecule has 20 heavy (non-hydrogen) atoms. The van der Waals surface area contributed by atoms with E-state index in [0.717, 1.165) is 32.0 Å². The Morgan fingerprint density at radius 3 is 2.60 bits per heavy atom. The molecule has 0 bridgehead atoms. The number of benzene rings is 1. The maximum Gasteiger partial charge on any atom is 0.124 e.